The van der Waals surface area contributed by atoms with Crippen LogP contribution in [0.5, 0.6) is 0 Å². The number of benzene rings is 2. The van der Waals surface area contributed by atoms with Crippen LogP contribution in [0.4, 0.5) is 9.59 Å². The number of rotatable bonds is 7. The number of amides is 2. The first-order valence-electron chi connectivity index (χ1n) is 10.4. The average Bonchev–Trinajstić information content (AvgIpc) is 3.48. The molecule has 3 N–H and O–H groups in total. The van der Waals surface area contributed by atoms with Gasteiger partial charge in [-0.15, -0.1) is 0 Å². The molecule has 3 rings (SSSR count). The van der Waals surface area contributed by atoms with E-state index >= 15 is 0 Å². The van der Waals surface area contributed by atoms with Crippen molar-refractivity contribution < 1.29 is 29.0 Å². The maximum absolute atomic E-state index is 11.9. The van der Waals surface area contributed by atoms with Crippen LogP contribution >= 0.6 is 0 Å². The molecule has 1 aliphatic rings. The van der Waals surface area contributed by atoms with E-state index in [9.17, 15) is 14.4 Å². The van der Waals surface area contributed by atoms with Gasteiger partial charge in [0.25, 0.3) is 0 Å². The second-order valence-electron chi connectivity index (χ2n) is 8.77. The third kappa shape index (κ3) is 7.01. The summed E-state index contributed by atoms with van der Waals surface area (Å²) in [7, 11) is 0. The SMILES string of the molecule is CC(C)(C)OC(=O)N[C@@H]1C[C@H]1c1ccc(COC(=O)NCc2ccc(C(=O)O)cc2)cc1. The molecular formula is C24H28N2O6. The standard InChI is InChI=1S/C24H28N2O6/c1-24(2,3)32-23(30)26-20-12-19(20)17-8-6-16(7-9-17)14-31-22(29)25-13-15-4-10-18(11-5-15)21(27)28/h4-11,19-20H,12-14H2,1-3H3,(H,25,29)(H,26,30)(H,27,28)/t19-,20+/m0/s1. The average molecular weight is 440 g/mol. The number of carbonyl (C=O) groups excluding carboxylic acids is 2. The summed E-state index contributed by atoms with van der Waals surface area (Å²) < 4.78 is 10.5. The number of alkyl carbamates (subject to hydrolysis) is 2. The maximum Gasteiger partial charge on any atom is 0.407 e. The first-order chi connectivity index (χ1) is 15.1. The molecular weight excluding hydrogens is 412 g/mol. The fourth-order valence-corrected chi connectivity index (χ4v) is 3.18. The van der Waals surface area contributed by atoms with Crippen molar-refractivity contribution >= 4 is 18.2 Å². The van der Waals surface area contributed by atoms with Crippen LogP contribution in [0.2, 0.25) is 0 Å². The Bertz CT molecular complexity index is 963. The molecule has 8 nitrogen and oxygen atoms in total. The second kappa shape index (κ2) is 9.72. The summed E-state index contributed by atoms with van der Waals surface area (Å²) >= 11 is 0. The lowest BCUT2D eigenvalue weighted by Crippen LogP contribution is -2.34. The summed E-state index contributed by atoms with van der Waals surface area (Å²) in [4.78, 5) is 34.6. The summed E-state index contributed by atoms with van der Waals surface area (Å²) in [5, 5.41) is 14.4. The number of ether oxygens (including phenoxy) is 2. The molecule has 0 aromatic heterocycles. The Kier molecular flexibility index (Phi) is 7.02. The van der Waals surface area contributed by atoms with Crippen LogP contribution < -0.4 is 10.6 Å². The van der Waals surface area contributed by atoms with E-state index in [1.54, 1.807) is 12.1 Å². The number of hydrogen-bond donors (Lipinski definition) is 3. The highest BCUT2D eigenvalue weighted by atomic mass is 16.6. The van der Waals surface area contributed by atoms with Gasteiger partial charge in [-0.3, -0.25) is 0 Å². The minimum atomic E-state index is -0.994. The quantitative estimate of drug-likeness (QED) is 0.595. The molecule has 170 valence electrons. The van der Waals surface area contributed by atoms with Gasteiger partial charge in [-0.05, 0) is 56.0 Å². The molecule has 1 fully saturated rings. The van der Waals surface area contributed by atoms with Crippen molar-refractivity contribution in [2.75, 3.05) is 0 Å². The fourth-order valence-electron chi connectivity index (χ4n) is 3.18. The van der Waals surface area contributed by atoms with Crippen LogP contribution in [0.3, 0.4) is 0 Å². The molecule has 1 aliphatic carbocycles. The van der Waals surface area contributed by atoms with Crippen LogP contribution in [0, 0.1) is 0 Å². The van der Waals surface area contributed by atoms with Crippen LogP contribution in [0.25, 0.3) is 0 Å². The molecule has 2 amide bonds. The lowest BCUT2D eigenvalue weighted by Gasteiger charge is -2.19. The molecule has 32 heavy (non-hydrogen) atoms. The number of aromatic carboxylic acids is 1. The van der Waals surface area contributed by atoms with Gasteiger partial charge in [-0.2, -0.15) is 0 Å². The molecule has 2 atom stereocenters. The monoisotopic (exact) mass is 440 g/mol. The molecule has 0 bridgehead atoms. The molecule has 8 heteroatoms. The number of hydrogen-bond acceptors (Lipinski definition) is 5. The zero-order chi connectivity index (χ0) is 23.3. The van der Waals surface area contributed by atoms with Gasteiger partial charge >= 0.3 is 18.2 Å². The Morgan fingerprint density at radius 1 is 0.969 bits per heavy atom. The van der Waals surface area contributed by atoms with E-state index in [1.165, 1.54) is 12.1 Å². The van der Waals surface area contributed by atoms with Gasteiger partial charge in [0.05, 0.1) is 5.56 Å². The smallest absolute Gasteiger partial charge is 0.407 e. The Balaban J connectivity index is 1.39. The largest absolute Gasteiger partial charge is 0.478 e. The normalized spacial score (nSPS) is 17.2. The first kappa shape index (κ1) is 23.1. The second-order valence-corrected chi connectivity index (χ2v) is 8.77. The molecule has 0 spiro atoms. The Morgan fingerprint density at radius 2 is 1.59 bits per heavy atom. The van der Waals surface area contributed by atoms with Gasteiger partial charge in [0.1, 0.15) is 12.2 Å². The third-order valence-corrected chi connectivity index (χ3v) is 4.91. The van der Waals surface area contributed by atoms with Crippen molar-refractivity contribution in [1.82, 2.24) is 10.6 Å². The van der Waals surface area contributed by atoms with E-state index in [0.717, 1.165) is 23.1 Å². The van der Waals surface area contributed by atoms with Crippen molar-refractivity contribution in [2.24, 2.45) is 0 Å². The van der Waals surface area contributed by atoms with E-state index in [2.05, 4.69) is 10.6 Å². The topological polar surface area (TPSA) is 114 Å². The van der Waals surface area contributed by atoms with Crippen LogP contribution in [-0.4, -0.2) is 34.9 Å². The number of nitrogens with one attached hydrogen (secondary N) is 2. The molecule has 2 aromatic rings. The summed E-state index contributed by atoms with van der Waals surface area (Å²) in [5.41, 5.74) is 2.41. The third-order valence-electron chi connectivity index (χ3n) is 4.91. The highest BCUT2D eigenvalue weighted by molar-refractivity contribution is 5.87. The van der Waals surface area contributed by atoms with Crippen LogP contribution in [0.1, 0.15) is 60.2 Å². The van der Waals surface area contributed by atoms with E-state index in [4.69, 9.17) is 14.6 Å². The molecule has 1 saturated carbocycles. The molecule has 0 saturated heterocycles. The van der Waals surface area contributed by atoms with Gasteiger partial charge in [-0.25, -0.2) is 14.4 Å². The lowest BCUT2D eigenvalue weighted by molar-refractivity contribution is 0.0522. The summed E-state index contributed by atoms with van der Waals surface area (Å²) in [6.45, 7) is 5.86. The minimum Gasteiger partial charge on any atom is -0.478 e. The van der Waals surface area contributed by atoms with E-state index in [-0.39, 0.29) is 30.7 Å². The predicted octanol–water partition coefficient (Wildman–Crippen LogP) is 4.19. The highest BCUT2D eigenvalue weighted by Crippen LogP contribution is 2.41. The van der Waals surface area contributed by atoms with Crippen molar-refractivity contribution in [3.8, 4) is 0 Å². The van der Waals surface area contributed by atoms with Crippen molar-refractivity contribution in [3.05, 3.63) is 70.8 Å². The van der Waals surface area contributed by atoms with E-state index < -0.39 is 23.8 Å². The maximum atomic E-state index is 11.9. The summed E-state index contributed by atoms with van der Waals surface area (Å²) in [6.07, 6.45) is -0.0932. The van der Waals surface area contributed by atoms with Crippen molar-refractivity contribution in [2.45, 2.75) is 57.9 Å². The van der Waals surface area contributed by atoms with E-state index in [1.807, 2.05) is 45.0 Å². The first-order valence-corrected chi connectivity index (χ1v) is 10.4. The van der Waals surface area contributed by atoms with Crippen LogP contribution in [0.15, 0.2) is 48.5 Å². The van der Waals surface area contributed by atoms with Crippen molar-refractivity contribution in [1.29, 1.82) is 0 Å². The Labute approximate surface area is 186 Å². The minimum absolute atomic E-state index is 0.0716. The molecule has 0 unspecified atom stereocenters. The van der Waals surface area contributed by atoms with Gasteiger partial charge in [-0.1, -0.05) is 36.4 Å². The van der Waals surface area contributed by atoms with Crippen LogP contribution in [-0.2, 0) is 22.6 Å². The number of carboxylic acid groups (broad SMARTS) is 1. The lowest BCUT2D eigenvalue weighted by atomic mass is 10.1. The van der Waals surface area contributed by atoms with Crippen molar-refractivity contribution in [3.63, 3.8) is 0 Å². The highest BCUT2D eigenvalue weighted by Gasteiger charge is 2.40. The fraction of sp³-hybridized carbons (Fsp3) is 0.375. The van der Waals surface area contributed by atoms with Gasteiger partial charge < -0.3 is 25.2 Å². The molecule has 0 heterocycles. The summed E-state index contributed by atoms with van der Waals surface area (Å²) in [5.74, 6) is -0.736. The number of carbonyl (C=O) groups is 3. The Morgan fingerprint density at radius 3 is 2.19 bits per heavy atom. The van der Waals surface area contributed by atoms with Gasteiger partial charge in [0.15, 0.2) is 0 Å². The van der Waals surface area contributed by atoms with Gasteiger partial charge in [0.2, 0.25) is 0 Å². The predicted molar refractivity (Wildman–Crippen MR) is 117 cm³/mol. The van der Waals surface area contributed by atoms with E-state index in [0.29, 0.717) is 0 Å². The number of carboxylic acids is 1. The Hall–Kier alpha value is -3.55. The molecule has 2 aromatic carbocycles. The zero-order valence-electron chi connectivity index (χ0n) is 18.4. The molecule has 0 aliphatic heterocycles. The zero-order valence-corrected chi connectivity index (χ0v) is 18.4. The molecule has 0 radical (unpaired) electrons. The van der Waals surface area contributed by atoms with Gasteiger partial charge in [0, 0.05) is 18.5 Å². The summed E-state index contributed by atoms with van der Waals surface area (Å²) in [6, 6.07) is 14.1.